The number of nitrogens with one attached hydrogen (secondary N) is 2. The van der Waals surface area contributed by atoms with Crippen molar-refractivity contribution in [2.24, 2.45) is 11.3 Å². The standard InChI is InChI=1S/C22H21ClN2O3/c1-2-28-21(27)18-12-22-15(9-10-24-18)6-4-8-19(22)25-13-17(22)20(26)14-5-3-7-16(23)11-14/h3-9,11-12,17,24-25H,2,10,13H2,1H3. The van der Waals surface area contributed by atoms with Crippen LogP contribution in [0.1, 0.15) is 17.3 Å². The summed E-state index contributed by atoms with van der Waals surface area (Å²) in [4.78, 5) is 25.9. The normalized spacial score (nSPS) is 25.1. The van der Waals surface area contributed by atoms with Crippen molar-refractivity contribution < 1.29 is 14.3 Å². The highest BCUT2D eigenvalue weighted by Gasteiger charge is 2.52. The summed E-state index contributed by atoms with van der Waals surface area (Å²) >= 11 is 6.11. The Morgan fingerprint density at radius 3 is 2.96 bits per heavy atom. The molecule has 1 spiro atoms. The van der Waals surface area contributed by atoms with E-state index in [1.54, 1.807) is 31.2 Å². The van der Waals surface area contributed by atoms with Crippen molar-refractivity contribution in [3.8, 4) is 0 Å². The first kappa shape index (κ1) is 18.6. The number of ether oxygens (including phenoxy) is 1. The molecule has 1 aliphatic carbocycles. The fourth-order valence-corrected chi connectivity index (χ4v) is 4.37. The fourth-order valence-electron chi connectivity index (χ4n) is 4.18. The predicted octanol–water partition coefficient (Wildman–Crippen LogP) is 3.16. The Labute approximate surface area is 168 Å². The zero-order chi connectivity index (χ0) is 19.7. The maximum absolute atomic E-state index is 13.5. The van der Waals surface area contributed by atoms with E-state index in [2.05, 4.69) is 10.6 Å². The number of carbonyl (C=O) groups is 2. The van der Waals surface area contributed by atoms with Crippen molar-refractivity contribution in [1.29, 1.82) is 0 Å². The van der Waals surface area contributed by atoms with Crippen LogP contribution in [0.4, 0.5) is 0 Å². The van der Waals surface area contributed by atoms with Crippen LogP contribution in [0.5, 0.6) is 0 Å². The molecule has 3 aliphatic rings. The number of ketones is 1. The summed E-state index contributed by atoms with van der Waals surface area (Å²) in [5.41, 5.74) is 2.10. The van der Waals surface area contributed by atoms with Gasteiger partial charge in [-0.15, -0.1) is 0 Å². The maximum Gasteiger partial charge on any atom is 0.354 e. The first-order chi connectivity index (χ1) is 13.6. The Bertz CT molecular complexity index is 960. The van der Waals surface area contributed by atoms with E-state index in [0.717, 1.165) is 11.3 Å². The Hall–Kier alpha value is -2.79. The molecule has 2 N–H and O–H groups in total. The third-order valence-corrected chi connectivity index (χ3v) is 5.65. The van der Waals surface area contributed by atoms with E-state index in [1.165, 1.54) is 0 Å². The summed E-state index contributed by atoms with van der Waals surface area (Å²) in [6, 6.07) is 6.99. The van der Waals surface area contributed by atoms with E-state index in [-0.39, 0.29) is 12.4 Å². The number of hydrogen-bond acceptors (Lipinski definition) is 5. The van der Waals surface area contributed by atoms with E-state index in [1.807, 2.05) is 30.4 Å². The molecule has 1 aromatic rings. The maximum atomic E-state index is 13.5. The van der Waals surface area contributed by atoms with Crippen molar-refractivity contribution in [1.82, 2.24) is 10.6 Å². The first-order valence-electron chi connectivity index (χ1n) is 9.33. The summed E-state index contributed by atoms with van der Waals surface area (Å²) in [5.74, 6) is -0.833. The number of halogens is 1. The van der Waals surface area contributed by atoms with E-state index < -0.39 is 17.3 Å². The van der Waals surface area contributed by atoms with Gasteiger partial charge in [-0.3, -0.25) is 4.79 Å². The topological polar surface area (TPSA) is 67.4 Å². The molecule has 0 bridgehead atoms. The van der Waals surface area contributed by atoms with Crippen molar-refractivity contribution >= 4 is 23.4 Å². The van der Waals surface area contributed by atoms with Crippen molar-refractivity contribution in [2.75, 3.05) is 19.7 Å². The molecule has 1 aromatic carbocycles. The van der Waals surface area contributed by atoms with Gasteiger partial charge < -0.3 is 15.4 Å². The summed E-state index contributed by atoms with van der Waals surface area (Å²) in [6.45, 7) is 3.02. The highest BCUT2D eigenvalue weighted by molar-refractivity contribution is 6.31. The van der Waals surface area contributed by atoms with Gasteiger partial charge in [0.1, 0.15) is 5.70 Å². The minimum absolute atomic E-state index is 0.0130. The van der Waals surface area contributed by atoms with Crippen LogP contribution in [0.25, 0.3) is 0 Å². The number of allylic oxidation sites excluding steroid dienone is 4. The highest BCUT2D eigenvalue weighted by Crippen LogP contribution is 2.51. The summed E-state index contributed by atoms with van der Waals surface area (Å²) < 4.78 is 5.20. The molecule has 1 fully saturated rings. The highest BCUT2D eigenvalue weighted by atomic mass is 35.5. The molecule has 2 atom stereocenters. The van der Waals surface area contributed by atoms with Crippen LogP contribution >= 0.6 is 11.6 Å². The van der Waals surface area contributed by atoms with E-state index in [4.69, 9.17) is 16.3 Å². The van der Waals surface area contributed by atoms with Crippen LogP contribution in [0.2, 0.25) is 5.02 Å². The lowest BCUT2D eigenvalue weighted by atomic mass is 9.65. The van der Waals surface area contributed by atoms with Crippen molar-refractivity contribution in [3.05, 3.63) is 82.2 Å². The molecule has 28 heavy (non-hydrogen) atoms. The van der Waals surface area contributed by atoms with Gasteiger partial charge in [0.05, 0.1) is 17.9 Å². The third kappa shape index (κ3) is 2.96. The molecular formula is C22H21ClN2O3. The number of esters is 1. The minimum atomic E-state index is -0.736. The van der Waals surface area contributed by atoms with Gasteiger partial charge in [0.2, 0.25) is 0 Å². The van der Waals surface area contributed by atoms with Gasteiger partial charge in [-0.05, 0) is 36.8 Å². The summed E-state index contributed by atoms with van der Waals surface area (Å²) in [5, 5.41) is 7.02. The lowest BCUT2D eigenvalue weighted by Crippen LogP contribution is -2.35. The van der Waals surface area contributed by atoms with Gasteiger partial charge >= 0.3 is 5.97 Å². The number of rotatable bonds is 4. The molecule has 2 heterocycles. The second kappa shape index (κ2) is 7.32. The van der Waals surface area contributed by atoms with Crippen LogP contribution in [0.3, 0.4) is 0 Å². The molecule has 144 valence electrons. The molecule has 0 saturated carbocycles. The van der Waals surface area contributed by atoms with Gasteiger partial charge in [-0.1, -0.05) is 42.0 Å². The second-order valence-electron chi connectivity index (χ2n) is 6.94. The second-order valence-corrected chi connectivity index (χ2v) is 7.37. The minimum Gasteiger partial charge on any atom is -0.461 e. The average Bonchev–Trinajstić information content (AvgIpc) is 2.94. The zero-order valence-electron chi connectivity index (χ0n) is 15.5. The van der Waals surface area contributed by atoms with Crippen LogP contribution in [-0.2, 0) is 9.53 Å². The number of Topliss-reactive ketones (excluding diaryl/α,β-unsaturated/α-hetero) is 1. The predicted molar refractivity (Wildman–Crippen MR) is 108 cm³/mol. The lowest BCUT2D eigenvalue weighted by molar-refractivity contribution is -0.139. The van der Waals surface area contributed by atoms with E-state index in [0.29, 0.717) is 29.4 Å². The van der Waals surface area contributed by atoms with Gasteiger partial charge in [0.25, 0.3) is 0 Å². The largest absolute Gasteiger partial charge is 0.461 e. The molecule has 2 unspecified atom stereocenters. The zero-order valence-corrected chi connectivity index (χ0v) is 16.3. The monoisotopic (exact) mass is 396 g/mol. The molecule has 6 heteroatoms. The van der Waals surface area contributed by atoms with Gasteiger partial charge in [-0.2, -0.15) is 0 Å². The van der Waals surface area contributed by atoms with E-state index >= 15 is 0 Å². The van der Waals surface area contributed by atoms with Crippen LogP contribution < -0.4 is 10.6 Å². The first-order valence-corrected chi connectivity index (χ1v) is 9.71. The summed E-state index contributed by atoms with van der Waals surface area (Å²) in [7, 11) is 0. The number of carbonyl (C=O) groups excluding carboxylic acids is 2. The van der Waals surface area contributed by atoms with Crippen LogP contribution in [0, 0.1) is 11.3 Å². The molecule has 0 radical (unpaired) electrons. The summed E-state index contributed by atoms with van der Waals surface area (Å²) in [6.07, 6.45) is 9.81. The SMILES string of the molecule is CCOC(=O)C1=CC23C(=CCN1)C=CC=C2NCC3C(=O)c1cccc(Cl)c1. The Kier molecular flexibility index (Phi) is 4.85. The molecule has 0 aromatic heterocycles. The molecule has 5 nitrogen and oxygen atoms in total. The molecule has 4 rings (SSSR count). The number of benzene rings is 1. The smallest absolute Gasteiger partial charge is 0.354 e. The Morgan fingerprint density at radius 1 is 1.32 bits per heavy atom. The van der Waals surface area contributed by atoms with Crippen LogP contribution in [-0.4, -0.2) is 31.4 Å². The van der Waals surface area contributed by atoms with Crippen molar-refractivity contribution in [2.45, 2.75) is 6.92 Å². The molecular weight excluding hydrogens is 376 g/mol. The van der Waals surface area contributed by atoms with Gasteiger partial charge in [0, 0.05) is 29.4 Å². The third-order valence-electron chi connectivity index (χ3n) is 5.42. The molecule has 2 aliphatic heterocycles. The quantitative estimate of drug-likeness (QED) is 0.604. The van der Waals surface area contributed by atoms with Crippen LogP contribution in [0.15, 0.2) is 71.6 Å². The lowest BCUT2D eigenvalue weighted by Gasteiger charge is -2.35. The van der Waals surface area contributed by atoms with Gasteiger partial charge in [0.15, 0.2) is 5.78 Å². The Morgan fingerprint density at radius 2 is 2.18 bits per heavy atom. The van der Waals surface area contributed by atoms with E-state index in [9.17, 15) is 9.59 Å². The van der Waals surface area contributed by atoms with Gasteiger partial charge in [-0.25, -0.2) is 4.79 Å². The average molecular weight is 397 g/mol. The fraction of sp³-hybridized carbons (Fsp3) is 0.273. The number of hydrogen-bond donors (Lipinski definition) is 2. The molecule has 0 amide bonds. The van der Waals surface area contributed by atoms with Crippen molar-refractivity contribution in [3.63, 3.8) is 0 Å². The Balaban J connectivity index is 1.83. The molecule has 1 saturated heterocycles.